The topological polar surface area (TPSA) is 90.9 Å². The Morgan fingerprint density at radius 3 is 2.67 bits per heavy atom. The Morgan fingerprint density at radius 2 is 1.85 bits per heavy atom. The molecule has 0 unspecified atom stereocenters. The highest BCUT2D eigenvalue weighted by atomic mass is 16.5. The minimum atomic E-state index is -0.712. The number of hydrogen-bond donors (Lipinski definition) is 1. The minimum absolute atomic E-state index is 0.192. The second kappa shape index (κ2) is 8.35. The van der Waals surface area contributed by atoms with E-state index in [4.69, 9.17) is 14.2 Å². The van der Waals surface area contributed by atoms with Crippen LogP contribution in [-0.4, -0.2) is 38.1 Å². The van der Waals surface area contributed by atoms with Crippen molar-refractivity contribution in [3.05, 3.63) is 59.7 Å². The Morgan fingerprint density at radius 1 is 1.11 bits per heavy atom. The Kier molecular flexibility index (Phi) is 5.71. The Hall–Kier alpha value is -3.35. The number of carbonyl (C=O) groups excluding carboxylic acids is 3. The van der Waals surface area contributed by atoms with Crippen LogP contribution in [0.3, 0.4) is 0 Å². The van der Waals surface area contributed by atoms with Gasteiger partial charge in [-0.25, -0.2) is 0 Å². The SMILES string of the molecule is COc1ccccc1C(=O)NC(=O)COC(=O)[C@H]1COc2ccccc2C1. The maximum absolute atomic E-state index is 12.2. The van der Waals surface area contributed by atoms with Gasteiger partial charge < -0.3 is 14.2 Å². The molecule has 1 atom stereocenters. The molecule has 1 heterocycles. The first-order valence-electron chi connectivity index (χ1n) is 8.43. The van der Waals surface area contributed by atoms with Crippen molar-refractivity contribution in [2.45, 2.75) is 6.42 Å². The standard InChI is InChI=1S/C20H19NO6/c1-25-17-9-5-3-7-15(17)19(23)21-18(22)12-27-20(24)14-10-13-6-2-4-8-16(13)26-11-14/h2-9,14H,10-12H2,1H3,(H,21,22,23)/t14-/m1/s1. The molecule has 0 bridgehead atoms. The van der Waals surface area contributed by atoms with Crippen LogP contribution in [0.2, 0.25) is 0 Å². The quantitative estimate of drug-likeness (QED) is 0.808. The van der Waals surface area contributed by atoms with Crippen LogP contribution in [0.25, 0.3) is 0 Å². The largest absolute Gasteiger partial charge is 0.496 e. The van der Waals surface area contributed by atoms with Gasteiger partial charge in [-0.1, -0.05) is 30.3 Å². The summed E-state index contributed by atoms with van der Waals surface area (Å²) in [5.74, 6) is -1.26. The van der Waals surface area contributed by atoms with Gasteiger partial charge in [-0.3, -0.25) is 19.7 Å². The molecule has 0 saturated carbocycles. The van der Waals surface area contributed by atoms with Gasteiger partial charge >= 0.3 is 5.97 Å². The molecule has 2 aromatic carbocycles. The monoisotopic (exact) mass is 369 g/mol. The van der Waals surface area contributed by atoms with E-state index in [2.05, 4.69) is 5.32 Å². The molecule has 2 amide bonds. The number of imide groups is 1. The van der Waals surface area contributed by atoms with Crippen LogP contribution in [0.5, 0.6) is 11.5 Å². The van der Waals surface area contributed by atoms with E-state index >= 15 is 0 Å². The maximum atomic E-state index is 12.2. The lowest BCUT2D eigenvalue weighted by Gasteiger charge is -2.23. The molecule has 0 aromatic heterocycles. The molecule has 7 nitrogen and oxygen atoms in total. The Bertz CT molecular complexity index is 863. The number of nitrogens with one attached hydrogen (secondary N) is 1. The fourth-order valence-electron chi connectivity index (χ4n) is 2.80. The molecule has 0 saturated heterocycles. The first kappa shape index (κ1) is 18.4. The molecule has 1 N–H and O–H groups in total. The zero-order valence-corrected chi connectivity index (χ0v) is 14.8. The molecule has 0 spiro atoms. The van der Waals surface area contributed by atoms with Gasteiger partial charge in [0, 0.05) is 0 Å². The number of rotatable bonds is 5. The van der Waals surface area contributed by atoms with Crippen LogP contribution >= 0.6 is 0 Å². The van der Waals surface area contributed by atoms with E-state index in [9.17, 15) is 14.4 Å². The summed E-state index contributed by atoms with van der Waals surface area (Å²) in [5, 5.41) is 2.18. The molecule has 140 valence electrons. The highest BCUT2D eigenvalue weighted by Crippen LogP contribution is 2.27. The zero-order chi connectivity index (χ0) is 19.2. The van der Waals surface area contributed by atoms with E-state index in [1.54, 1.807) is 18.2 Å². The first-order chi connectivity index (χ1) is 13.1. The summed E-state index contributed by atoms with van der Waals surface area (Å²) in [6.45, 7) is -0.352. The maximum Gasteiger partial charge on any atom is 0.313 e. The number of benzene rings is 2. The third-order valence-corrected chi connectivity index (χ3v) is 4.16. The van der Waals surface area contributed by atoms with Gasteiger partial charge in [-0.15, -0.1) is 0 Å². The number of fused-ring (bicyclic) bond motifs is 1. The molecule has 2 aromatic rings. The average Bonchev–Trinajstić information content (AvgIpc) is 2.71. The summed E-state index contributed by atoms with van der Waals surface area (Å²) in [6.07, 6.45) is 0.483. The van der Waals surface area contributed by atoms with Crippen LogP contribution in [0.4, 0.5) is 0 Å². The molecular formula is C20H19NO6. The summed E-state index contributed by atoms with van der Waals surface area (Å²) in [6, 6.07) is 14.0. The number of para-hydroxylation sites is 2. The summed E-state index contributed by atoms with van der Waals surface area (Å²) in [4.78, 5) is 36.3. The second-order valence-corrected chi connectivity index (χ2v) is 6.01. The van der Waals surface area contributed by atoms with Crippen LogP contribution in [-0.2, 0) is 20.7 Å². The number of carbonyl (C=O) groups is 3. The van der Waals surface area contributed by atoms with Crippen molar-refractivity contribution in [2.24, 2.45) is 5.92 Å². The average molecular weight is 369 g/mol. The smallest absolute Gasteiger partial charge is 0.313 e. The predicted octanol–water partition coefficient (Wildman–Crippen LogP) is 1.75. The van der Waals surface area contributed by atoms with Gasteiger partial charge in [-0.2, -0.15) is 0 Å². The Balaban J connectivity index is 1.50. The van der Waals surface area contributed by atoms with Gasteiger partial charge in [0.1, 0.15) is 18.1 Å². The minimum Gasteiger partial charge on any atom is -0.496 e. The molecule has 27 heavy (non-hydrogen) atoms. The summed E-state index contributed by atoms with van der Waals surface area (Å²) in [7, 11) is 1.43. The molecule has 1 aliphatic heterocycles. The number of ether oxygens (including phenoxy) is 3. The number of amides is 2. The highest BCUT2D eigenvalue weighted by molar-refractivity contribution is 6.06. The normalized spacial score (nSPS) is 15.1. The molecule has 7 heteroatoms. The third kappa shape index (κ3) is 4.44. The molecule has 0 fully saturated rings. The van der Waals surface area contributed by atoms with E-state index < -0.39 is 30.3 Å². The lowest BCUT2D eigenvalue weighted by molar-refractivity contribution is -0.153. The van der Waals surface area contributed by atoms with E-state index in [1.165, 1.54) is 13.2 Å². The lowest BCUT2D eigenvalue weighted by atomic mass is 9.97. The van der Waals surface area contributed by atoms with Crippen LogP contribution in [0.1, 0.15) is 15.9 Å². The molecule has 1 aliphatic rings. The summed E-state index contributed by atoms with van der Waals surface area (Å²) >= 11 is 0. The fraction of sp³-hybridized carbons (Fsp3) is 0.250. The first-order valence-corrected chi connectivity index (χ1v) is 8.43. The van der Waals surface area contributed by atoms with Crippen LogP contribution in [0, 0.1) is 5.92 Å². The van der Waals surface area contributed by atoms with E-state index in [-0.39, 0.29) is 12.2 Å². The van der Waals surface area contributed by atoms with Gasteiger partial charge in [0.05, 0.1) is 18.6 Å². The number of methoxy groups -OCH3 is 1. The van der Waals surface area contributed by atoms with Crippen molar-refractivity contribution in [2.75, 3.05) is 20.3 Å². The van der Waals surface area contributed by atoms with Crippen molar-refractivity contribution >= 4 is 17.8 Å². The predicted molar refractivity (Wildman–Crippen MR) is 95.6 cm³/mol. The van der Waals surface area contributed by atoms with Crippen molar-refractivity contribution in [1.29, 1.82) is 0 Å². The molecule has 0 aliphatic carbocycles. The van der Waals surface area contributed by atoms with Crippen molar-refractivity contribution in [3.63, 3.8) is 0 Å². The zero-order valence-electron chi connectivity index (χ0n) is 14.8. The third-order valence-electron chi connectivity index (χ3n) is 4.16. The molecule has 0 radical (unpaired) electrons. The van der Waals surface area contributed by atoms with Gasteiger partial charge in [0.25, 0.3) is 11.8 Å². The van der Waals surface area contributed by atoms with E-state index in [0.717, 1.165) is 11.3 Å². The second-order valence-electron chi connectivity index (χ2n) is 6.01. The molecule has 3 rings (SSSR count). The van der Waals surface area contributed by atoms with E-state index in [0.29, 0.717) is 12.2 Å². The fourth-order valence-corrected chi connectivity index (χ4v) is 2.80. The molecular weight excluding hydrogens is 350 g/mol. The number of hydrogen-bond acceptors (Lipinski definition) is 6. The van der Waals surface area contributed by atoms with Crippen molar-refractivity contribution < 1.29 is 28.6 Å². The van der Waals surface area contributed by atoms with Gasteiger partial charge in [-0.05, 0) is 30.2 Å². The number of esters is 1. The van der Waals surface area contributed by atoms with Crippen LogP contribution < -0.4 is 14.8 Å². The van der Waals surface area contributed by atoms with Crippen LogP contribution in [0.15, 0.2) is 48.5 Å². The lowest BCUT2D eigenvalue weighted by Crippen LogP contribution is -2.36. The summed E-state index contributed by atoms with van der Waals surface area (Å²) < 4.78 is 15.7. The van der Waals surface area contributed by atoms with Gasteiger partial charge in [0.15, 0.2) is 6.61 Å². The van der Waals surface area contributed by atoms with E-state index in [1.807, 2.05) is 24.3 Å². The van der Waals surface area contributed by atoms with Crippen molar-refractivity contribution in [1.82, 2.24) is 5.32 Å². The Labute approximate surface area is 156 Å². The van der Waals surface area contributed by atoms with Gasteiger partial charge in [0.2, 0.25) is 0 Å². The van der Waals surface area contributed by atoms with Crippen molar-refractivity contribution in [3.8, 4) is 11.5 Å². The highest BCUT2D eigenvalue weighted by Gasteiger charge is 2.27. The summed E-state index contributed by atoms with van der Waals surface area (Å²) in [5.41, 5.74) is 1.14.